The van der Waals surface area contributed by atoms with Crippen molar-refractivity contribution in [2.45, 2.75) is 60.8 Å². The number of hydrogen-bond acceptors (Lipinski definition) is 19. The SMILES string of the molecule is C.C.CCOC(=O)c1sc2cccc(Cl)c2c1CBr.CCOC(=O)c1sc2cccc(Cl)c2c1COc1ccc(C#N)c(F)c1F.CCOC(=O)c1sc2cccc(Cl)c2c1COc1ccc(C(N)=O)c(F)c1F.I[I-]I(I)I.N#Cc1ccc(O)c(F)c1F.NC(=O)c1ccc(OCc2c(C(=O)O)sc3cccc(Cl)c23)c(F)c1F. The van der Waals surface area contributed by atoms with E-state index in [1.165, 1.54) is 40.1 Å². The van der Waals surface area contributed by atoms with Gasteiger partial charge in [-0.25, -0.2) is 36.7 Å². The summed E-state index contributed by atoms with van der Waals surface area (Å²) in [6.07, 6.45) is 0. The van der Waals surface area contributed by atoms with Crippen LogP contribution in [0.5, 0.6) is 23.0 Å². The fourth-order valence-electron chi connectivity index (χ4n) is 9.94. The normalized spacial score (nSPS) is 10.5. The number of carboxylic acid groups (broad SMARTS) is 1. The average molecular weight is 2390 g/mol. The van der Waals surface area contributed by atoms with E-state index >= 15 is 0 Å². The maximum atomic E-state index is 14.2. The van der Waals surface area contributed by atoms with E-state index in [2.05, 4.69) is 71.8 Å². The molecule has 0 aliphatic carbocycles. The Hall–Kier alpha value is -6.67. The van der Waals surface area contributed by atoms with Crippen molar-refractivity contribution in [2.75, 3.05) is 19.8 Å². The number of carbonyl (C=O) groups is 6. The molecule has 40 heteroatoms. The number of phenols is 1. The average Bonchev–Trinajstić information content (AvgIpc) is 1.65. The van der Waals surface area contributed by atoms with E-state index in [0.29, 0.717) is 82.1 Å². The van der Waals surface area contributed by atoms with Crippen molar-refractivity contribution < 1.29 is 116 Å². The first-order valence-electron chi connectivity index (χ1n) is 31.5. The molecule has 0 radical (unpaired) electrons. The number of aromatic carboxylic acids is 1. The first-order chi connectivity index (χ1) is 54.2. The van der Waals surface area contributed by atoms with Gasteiger partial charge in [-0.3, -0.25) is 9.59 Å². The summed E-state index contributed by atoms with van der Waals surface area (Å²) in [5.41, 5.74) is 9.92. The van der Waals surface area contributed by atoms with Gasteiger partial charge in [-0.1, -0.05) is 101 Å². The van der Waals surface area contributed by atoms with E-state index < -0.39 is 116 Å². The number of esters is 3. The molecule has 0 saturated carbocycles. The number of rotatable bonds is 20. The van der Waals surface area contributed by atoms with Crippen LogP contribution in [0.4, 0.5) is 35.1 Å². The topological polar surface area (TPSA) is 298 Å². The molecule has 12 aromatic rings. The molecule has 0 fully saturated rings. The second-order valence-electron chi connectivity index (χ2n) is 21.7. The minimum absolute atomic E-state index is 0. The number of alkyl halides is 1. The van der Waals surface area contributed by atoms with Crippen LogP contribution >= 0.6 is 171 Å². The smallest absolute Gasteiger partial charge is 0.346 e. The van der Waals surface area contributed by atoms with E-state index in [1.807, 2.05) is 18.2 Å². The molecule has 4 aromatic heterocycles. The summed E-state index contributed by atoms with van der Waals surface area (Å²) in [6.45, 7) is 5.07. The van der Waals surface area contributed by atoms with Gasteiger partial charge in [0.1, 0.15) is 51.5 Å². The third kappa shape index (κ3) is 24.8. The second kappa shape index (κ2) is 47.4. The number of halogens is 18. The van der Waals surface area contributed by atoms with Crippen LogP contribution in [0.3, 0.4) is 0 Å². The summed E-state index contributed by atoms with van der Waals surface area (Å²) in [4.78, 5) is 71.2. The largest absolute Gasteiger partial charge is 0.505 e. The number of carbonyl (C=O) groups excluding carboxylic acids is 5. The van der Waals surface area contributed by atoms with Crippen LogP contribution in [0.2, 0.25) is 20.1 Å². The Morgan fingerprint density at radius 3 is 1.05 bits per heavy atom. The third-order valence-corrected chi connectivity index (χ3v) is 104. The Balaban J connectivity index is 0.000000260. The van der Waals surface area contributed by atoms with E-state index in [1.54, 1.807) is 81.4 Å². The van der Waals surface area contributed by atoms with E-state index in [-0.39, 0.29) is 87.7 Å². The number of nitriles is 2. The van der Waals surface area contributed by atoms with Gasteiger partial charge in [0.15, 0.2) is 46.3 Å². The fraction of sp³-hybridized carbons (Fsp3) is 0.158. The molecule has 4 heterocycles. The number of phenolic OH excluding ortho intramolecular Hbond substituents is 1. The molecule has 8 aromatic carbocycles. The molecule has 0 aliphatic rings. The minimum atomic E-state index is -1.43. The summed E-state index contributed by atoms with van der Waals surface area (Å²) in [6, 6.07) is 32.4. The number of nitrogens with two attached hydrogens (primary N) is 2. The van der Waals surface area contributed by atoms with Crippen LogP contribution in [0.15, 0.2) is 121 Å². The number of thiophene rings is 4. The summed E-state index contributed by atoms with van der Waals surface area (Å²) in [5, 5.41) is 39.9. The Labute approximate surface area is 743 Å². The van der Waals surface area contributed by atoms with Crippen molar-refractivity contribution in [3.8, 4) is 35.1 Å². The molecule has 616 valence electrons. The summed E-state index contributed by atoms with van der Waals surface area (Å²) >= 11 is 41.4. The fourth-order valence-corrected chi connectivity index (χ4v) is 16.5. The van der Waals surface area contributed by atoms with Gasteiger partial charge in [0.25, 0.3) is 11.8 Å². The van der Waals surface area contributed by atoms with E-state index in [9.17, 15) is 69.0 Å². The van der Waals surface area contributed by atoms with Gasteiger partial charge in [-0.15, -0.1) is 45.3 Å². The standard InChI is InChI=1S/C19H14ClF2NO4S.C19H12ClF2NO3S.C17H10ClF2NO4S.C12H10BrClO2S.C7H3F2NO.2CH4.I5/c1-2-26-19(25)17-10(14-11(20)4-3-5-13(14)28-17)8-27-12-7-6-9(18(23)24)15(21)16(12)22;1-2-25-19(24)18-11(15-12(20)4-3-5-14(15)27-18)9-26-13-7-6-10(8-23)16(21)17(13)22;18-9-2-1-3-11-12(9)8(15(26-11)17(23)24)6-25-10-5-4-7(16(21)22)13(19)14(10)20;1-2-16-12(15)11-7(6-13)10-8(14)4-3-5-9(10)17-11;8-6-4(3-10)1-2-5(11)7(6)9;;;1-4-5(2)3/h3-7H,2,8H2,1H3,(H2,23,24);3-7H,2,9H2,1H3;1-5H,6H2,(H2,21,22)(H,23,24);3-5H,2,6H2,1H3;1-2,11H;2*1H4;/q;;;;;;;-1. The molecule has 6 N–H and O–H groups in total. The number of hydrogen-bond donors (Lipinski definition) is 4. The first-order valence-corrected chi connectivity index (χ1v) is 62.6. The molecule has 12 rings (SSSR count). The van der Waals surface area contributed by atoms with Crippen molar-refractivity contribution >= 4 is 247 Å². The molecule has 0 unspecified atom stereocenters. The monoisotopic (exact) mass is 2380 g/mol. The molecular formula is C76H57BrCl4F8I5N4O14S4-. The molecule has 0 aliphatic heterocycles. The van der Waals surface area contributed by atoms with Crippen LogP contribution in [0.25, 0.3) is 40.3 Å². The summed E-state index contributed by atoms with van der Waals surface area (Å²) in [7, 11) is -0.245. The predicted molar refractivity (Wildman–Crippen MR) is 471 cm³/mol. The van der Waals surface area contributed by atoms with Gasteiger partial charge < -0.3 is 50.1 Å². The molecule has 0 atom stereocenters. The zero-order valence-electron chi connectivity index (χ0n) is 57.8. The van der Waals surface area contributed by atoms with E-state index in [0.717, 1.165) is 84.9 Å². The minimum Gasteiger partial charge on any atom is -0.505 e. The number of amides is 2. The first kappa shape index (κ1) is 99.9. The van der Waals surface area contributed by atoms with Crippen LogP contribution in [-0.2, 0) is 39.4 Å². The van der Waals surface area contributed by atoms with Crippen LogP contribution in [0.1, 0.15) is 128 Å². The Morgan fingerprint density at radius 2 is 0.750 bits per heavy atom. The van der Waals surface area contributed by atoms with Crippen molar-refractivity contribution in [2.24, 2.45) is 11.5 Å². The van der Waals surface area contributed by atoms with Crippen LogP contribution < -0.4 is 38.9 Å². The third-order valence-electron chi connectivity index (χ3n) is 14.9. The number of primary amides is 2. The Bertz CT molecular complexity index is 5740. The number of benzene rings is 8. The maximum Gasteiger partial charge on any atom is 0.346 e. The molecule has 116 heavy (non-hydrogen) atoms. The predicted octanol–water partition coefficient (Wildman–Crippen LogP) is 22.3. The van der Waals surface area contributed by atoms with Crippen molar-refractivity contribution in [3.63, 3.8) is 0 Å². The van der Waals surface area contributed by atoms with Crippen molar-refractivity contribution in [3.05, 3.63) is 252 Å². The molecule has 0 saturated heterocycles. The number of ether oxygens (including phenoxy) is 6. The van der Waals surface area contributed by atoms with Crippen molar-refractivity contribution in [1.82, 2.24) is 0 Å². The molecule has 0 spiro atoms. The number of fused-ring (bicyclic) bond motifs is 4. The maximum absolute atomic E-state index is 14.2. The zero-order valence-corrected chi connectivity index (χ0v) is 76.4. The van der Waals surface area contributed by atoms with Crippen molar-refractivity contribution in [1.29, 1.82) is 10.5 Å². The quantitative estimate of drug-likeness (QED) is 0.0181. The van der Waals surface area contributed by atoms with E-state index in [4.69, 9.17) is 102 Å². The van der Waals surface area contributed by atoms with Gasteiger partial charge in [0, 0.05) is 82.5 Å². The number of aromatic hydroxyl groups is 1. The molecular weight excluding hydrogens is 2330 g/mol. The van der Waals surface area contributed by atoms with Gasteiger partial charge >= 0.3 is 101 Å². The van der Waals surface area contributed by atoms with Gasteiger partial charge in [-0.2, -0.15) is 28.1 Å². The Morgan fingerprint density at radius 1 is 0.466 bits per heavy atom. The van der Waals surface area contributed by atoms with Gasteiger partial charge in [-0.05, 0) is 123 Å². The molecule has 2 amide bonds. The van der Waals surface area contributed by atoms with Crippen LogP contribution in [-0.4, -0.2) is 65.7 Å². The molecule has 18 nitrogen and oxygen atoms in total. The summed E-state index contributed by atoms with van der Waals surface area (Å²) < 4.78 is 143. The van der Waals surface area contributed by atoms with Crippen LogP contribution in [0, 0.1) is 69.2 Å². The number of carboxylic acids is 1. The molecule has 0 bridgehead atoms. The Kier molecular flexibility index (Phi) is 40.8. The van der Waals surface area contributed by atoms with Gasteiger partial charge in [0.2, 0.25) is 23.3 Å². The van der Waals surface area contributed by atoms with Gasteiger partial charge in [0.05, 0.1) is 42.1 Å². The second-order valence-corrected chi connectivity index (χ2v) is 93.1. The summed E-state index contributed by atoms with van der Waals surface area (Å²) in [5.74, 6) is -17.6. The number of nitrogens with zero attached hydrogens (tertiary/aromatic N) is 2. The zero-order chi connectivity index (χ0) is 84.1.